The van der Waals surface area contributed by atoms with Crippen molar-refractivity contribution in [1.82, 2.24) is 0 Å². The van der Waals surface area contributed by atoms with Crippen LogP contribution in [0.25, 0.3) is 0 Å². The van der Waals surface area contributed by atoms with Gasteiger partial charge in [0.2, 0.25) is 0 Å². The van der Waals surface area contributed by atoms with Crippen LogP contribution in [0.15, 0.2) is 18.2 Å². The molecule has 2 saturated heterocycles. The zero-order valence-electron chi connectivity index (χ0n) is 16.4. The SMILES string of the molecule is CC1(C)OB(c2ccc(F)c(C3OC(C)(C)C(C)(C)O3)c2)OC1(C)C. The predicted octanol–water partition coefficient (Wildman–Crippen LogP) is 3.73. The first-order chi connectivity index (χ1) is 11.3. The third-order valence-corrected chi connectivity index (χ3v) is 6.05. The Hall–Kier alpha value is -0.945. The number of halogens is 1. The zero-order valence-corrected chi connectivity index (χ0v) is 16.4. The van der Waals surface area contributed by atoms with Crippen molar-refractivity contribution in [3.63, 3.8) is 0 Å². The van der Waals surface area contributed by atoms with E-state index in [1.165, 1.54) is 6.07 Å². The van der Waals surface area contributed by atoms with Crippen LogP contribution in [0.4, 0.5) is 4.39 Å². The van der Waals surface area contributed by atoms with Crippen molar-refractivity contribution in [2.45, 2.75) is 84.1 Å². The first-order valence-electron chi connectivity index (χ1n) is 8.76. The topological polar surface area (TPSA) is 36.9 Å². The third kappa shape index (κ3) is 3.03. The fraction of sp³-hybridized carbons (Fsp3) is 0.684. The molecule has 25 heavy (non-hydrogen) atoms. The molecule has 2 aliphatic heterocycles. The van der Waals surface area contributed by atoms with Gasteiger partial charge in [-0.1, -0.05) is 12.1 Å². The quantitative estimate of drug-likeness (QED) is 0.762. The highest BCUT2D eigenvalue weighted by Gasteiger charge is 2.53. The largest absolute Gasteiger partial charge is 0.494 e. The Morgan fingerprint density at radius 3 is 1.76 bits per heavy atom. The maximum Gasteiger partial charge on any atom is 0.494 e. The summed E-state index contributed by atoms with van der Waals surface area (Å²) in [6.45, 7) is 15.8. The minimum Gasteiger partial charge on any atom is -0.399 e. The molecule has 2 heterocycles. The molecule has 3 rings (SSSR count). The van der Waals surface area contributed by atoms with Gasteiger partial charge in [-0.15, -0.1) is 0 Å². The van der Waals surface area contributed by atoms with Crippen molar-refractivity contribution in [3.8, 4) is 0 Å². The molecular formula is C19H28BFO4. The molecule has 1 aromatic carbocycles. The lowest BCUT2D eigenvalue weighted by molar-refractivity contribution is -0.0914. The van der Waals surface area contributed by atoms with Crippen LogP contribution in [0.3, 0.4) is 0 Å². The lowest BCUT2D eigenvalue weighted by atomic mass is 9.78. The second kappa shape index (κ2) is 5.52. The van der Waals surface area contributed by atoms with E-state index >= 15 is 0 Å². The molecule has 6 heteroatoms. The van der Waals surface area contributed by atoms with Gasteiger partial charge < -0.3 is 18.8 Å². The normalized spacial score (nSPS) is 27.0. The fourth-order valence-corrected chi connectivity index (χ4v) is 2.84. The summed E-state index contributed by atoms with van der Waals surface area (Å²) in [7, 11) is -0.549. The molecule has 0 aliphatic carbocycles. The molecule has 0 saturated carbocycles. The van der Waals surface area contributed by atoms with Crippen molar-refractivity contribution in [3.05, 3.63) is 29.6 Å². The van der Waals surface area contributed by atoms with E-state index in [1.807, 2.05) is 55.4 Å². The first kappa shape index (κ1) is 18.8. The minimum absolute atomic E-state index is 0.362. The minimum atomic E-state index is -0.757. The zero-order chi connectivity index (χ0) is 18.8. The summed E-state index contributed by atoms with van der Waals surface area (Å²) in [6.07, 6.45) is -0.757. The van der Waals surface area contributed by atoms with Crippen molar-refractivity contribution < 1.29 is 23.2 Å². The number of benzene rings is 1. The lowest BCUT2D eigenvalue weighted by Crippen LogP contribution is -2.41. The average Bonchev–Trinajstić information content (AvgIpc) is 2.79. The van der Waals surface area contributed by atoms with Gasteiger partial charge in [-0.2, -0.15) is 0 Å². The van der Waals surface area contributed by atoms with E-state index in [9.17, 15) is 4.39 Å². The molecule has 0 N–H and O–H groups in total. The Morgan fingerprint density at radius 2 is 1.28 bits per heavy atom. The molecule has 0 radical (unpaired) electrons. The van der Waals surface area contributed by atoms with Gasteiger partial charge in [0.05, 0.1) is 22.4 Å². The van der Waals surface area contributed by atoms with Crippen LogP contribution >= 0.6 is 0 Å². The van der Waals surface area contributed by atoms with E-state index < -0.39 is 35.8 Å². The monoisotopic (exact) mass is 350 g/mol. The molecule has 0 spiro atoms. The summed E-state index contributed by atoms with van der Waals surface area (Å²) in [5, 5.41) is 0. The van der Waals surface area contributed by atoms with Crippen LogP contribution in [0.2, 0.25) is 0 Å². The summed E-state index contributed by atoms with van der Waals surface area (Å²) in [4.78, 5) is 0. The molecular weight excluding hydrogens is 322 g/mol. The van der Waals surface area contributed by atoms with Crippen molar-refractivity contribution >= 4 is 12.6 Å². The van der Waals surface area contributed by atoms with E-state index in [0.717, 1.165) is 5.46 Å². The molecule has 0 amide bonds. The molecule has 0 unspecified atom stereocenters. The Kier molecular flexibility index (Phi) is 4.16. The Morgan fingerprint density at radius 1 is 0.800 bits per heavy atom. The molecule has 2 fully saturated rings. The molecule has 4 nitrogen and oxygen atoms in total. The lowest BCUT2D eigenvalue weighted by Gasteiger charge is -2.32. The van der Waals surface area contributed by atoms with E-state index in [0.29, 0.717) is 5.56 Å². The highest BCUT2D eigenvalue weighted by atomic mass is 19.1. The number of hydrogen-bond acceptors (Lipinski definition) is 4. The van der Waals surface area contributed by atoms with Gasteiger partial charge in [0.1, 0.15) is 5.82 Å². The van der Waals surface area contributed by atoms with E-state index in [-0.39, 0.29) is 5.82 Å². The van der Waals surface area contributed by atoms with Crippen LogP contribution in [0, 0.1) is 5.82 Å². The Balaban J connectivity index is 1.91. The summed E-state index contributed by atoms with van der Waals surface area (Å²) < 4.78 is 38.6. The summed E-state index contributed by atoms with van der Waals surface area (Å²) in [5.74, 6) is -0.362. The summed E-state index contributed by atoms with van der Waals surface area (Å²) in [5.41, 5.74) is -0.821. The summed E-state index contributed by atoms with van der Waals surface area (Å²) in [6, 6.07) is 4.83. The number of ether oxygens (including phenoxy) is 2. The van der Waals surface area contributed by atoms with Crippen LogP contribution in [-0.4, -0.2) is 29.5 Å². The van der Waals surface area contributed by atoms with Gasteiger partial charge in [-0.25, -0.2) is 4.39 Å². The highest BCUT2D eigenvalue weighted by molar-refractivity contribution is 6.62. The Bertz CT molecular complexity index is 652. The standard InChI is InChI=1S/C19H28BFO4/c1-16(2)17(3,4)23-15(22-16)13-11-12(9-10-14(13)21)20-24-18(5,6)19(7,8)25-20/h9-11,15H,1-8H3. The molecule has 0 aromatic heterocycles. The van der Waals surface area contributed by atoms with Crippen LogP contribution in [-0.2, 0) is 18.8 Å². The highest BCUT2D eigenvalue weighted by Crippen LogP contribution is 2.45. The van der Waals surface area contributed by atoms with E-state index in [4.69, 9.17) is 18.8 Å². The van der Waals surface area contributed by atoms with Gasteiger partial charge in [0.15, 0.2) is 6.29 Å². The van der Waals surface area contributed by atoms with Gasteiger partial charge in [-0.05, 0) is 66.9 Å². The maximum atomic E-state index is 14.5. The third-order valence-electron chi connectivity index (χ3n) is 6.05. The smallest absolute Gasteiger partial charge is 0.399 e. The second-order valence-electron chi connectivity index (χ2n) is 8.96. The van der Waals surface area contributed by atoms with Crippen molar-refractivity contribution in [1.29, 1.82) is 0 Å². The van der Waals surface area contributed by atoms with Gasteiger partial charge in [0.25, 0.3) is 0 Å². The average molecular weight is 350 g/mol. The summed E-state index contributed by atoms with van der Waals surface area (Å²) >= 11 is 0. The molecule has 0 bridgehead atoms. The number of rotatable bonds is 2. The number of hydrogen-bond donors (Lipinski definition) is 0. The second-order valence-corrected chi connectivity index (χ2v) is 8.96. The molecule has 2 aliphatic rings. The van der Waals surface area contributed by atoms with Gasteiger partial charge in [-0.3, -0.25) is 0 Å². The van der Waals surface area contributed by atoms with Gasteiger partial charge >= 0.3 is 7.12 Å². The van der Waals surface area contributed by atoms with Crippen LogP contribution < -0.4 is 5.46 Å². The van der Waals surface area contributed by atoms with Gasteiger partial charge in [0, 0.05) is 5.56 Å². The fourth-order valence-electron chi connectivity index (χ4n) is 2.84. The van der Waals surface area contributed by atoms with Crippen LogP contribution in [0.5, 0.6) is 0 Å². The Labute approximate surface area is 150 Å². The van der Waals surface area contributed by atoms with E-state index in [1.54, 1.807) is 12.1 Å². The predicted molar refractivity (Wildman–Crippen MR) is 95.2 cm³/mol. The van der Waals surface area contributed by atoms with Crippen molar-refractivity contribution in [2.24, 2.45) is 0 Å². The van der Waals surface area contributed by atoms with Crippen molar-refractivity contribution in [2.75, 3.05) is 0 Å². The molecule has 0 atom stereocenters. The van der Waals surface area contributed by atoms with E-state index in [2.05, 4.69) is 0 Å². The molecule has 138 valence electrons. The van der Waals surface area contributed by atoms with Crippen LogP contribution in [0.1, 0.15) is 67.2 Å². The first-order valence-corrected chi connectivity index (χ1v) is 8.76. The maximum absolute atomic E-state index is 14.5. The molecule has 1 aromatic rings.